The van der Waals surface area contributed by atoms with Crippen LogP contribution in [0.25, 0.3) is 0 Å². The molecule has 2 heterocycles. The topological polar surface area (TPSA) is 79.7 Å². The Labute approximate surface area is 173 Å². The fourth-order valence-corrected chi connectivity index (χ4v) is 4.41. The van der Waals surface area contributed by atoms with Crippen LogP contribution < -0.4 is 9.64 Å². The number of hydrogen-bond donors (Lipinski definition) is 1. The number of anilines is 1. The molecule has 0 radical (unpaired) electrons. The second kappa shape index (κ2) is 8.66. The van der Waals surface area contributed by atoms with Gasteiger partial charge in [0.25, 0.3) is 0 Å². The smallest absolute Gasteiger partial charge is 0.348 e. The minimum absolute atomic E-state index is 0.0481. The Hall–Kier alpha value is -2.85. The van der Waals surface area contributed by atoms with E-state index in [-0.39, 0.29) is 17.0 Å². The average Bonchev–Trinajstić information content (AvgIpc) is 3.47. The van der Waals surface area contributed by atoms with Crippen molar-refractivity contribution in [3.8, 4) is 17.7 Å². The molecule has 7 heteroatoms. The van der Waals surface area contributed by atoms with Gasteiger partial charge in [-0.3, -0.25) is 4.79 Å². The molecule has 0 aromatic carbocycles. The summed E-state index contributed by atoms with van der Waals surface area (Å²) in [7, 11) is 0. The van der Waals surface area contributed by atoms with Crippen LogP contribution in [0, 0.1) is 17.8 Å². The summed E-state index contributed by atoms with van der Waals surface area (Å²) in [4.78, 5) is 30.3. The van der Waals surface area contributed by atoms with Gasteiger partial charge in [0.05, 0.1) is 10.6 Å². The molecule has 0 bridgehead atoms. The lowest BCUT2D eigenvalue weighted by atomic mass is 9.91. The van der Waals surface area contributed by atoms with Gasteiger partial charge in [-0.2, -0.15) is 0 Å². The van der Waals surface area contributed by atoms with E-state index in [2.05, 4.69) is 16.8 Å². The van der Waals surface area contributed by atoms with E-state index in [9.17, 15) is 14.7 Å². The lowest BCUT2D eigenvalue weighted by Gasteiger charge is -2.34. The Kier molecular flexibility index (Phi) is 5.81. The zero-order chi connectivity index (χ0) is 20.2. The number of carboxylic acids is 1. The van der Waals surface area contributed by atoms with E-state index in [0.29, 0.717) is 22.4 Å². The van der Waals surface area contributed by atoms with Crippen LogP contribution in [-0.2, 0) is 4.79 Å². The number of aromatic nitrogens is 1. The highest BCUT2D eigenvalue weighted by Crippen LogP contribution is 2.35. The highest BCUT2D eigenvalue weighted by Gasteiger charge is 2.30. The number of ether oxygens (including phenoxy) is 1. The summed E-state index contributed by atoms with van der Waals surface area (Å²) >= 11 is 1.14. The van der Waals surface area contributed by atoms with Crippen LogP contribution in [-0.4, -0.2) is 34.6 Å². The van der Waals surface area contributed by atoms with Crippen molar-refractivity contribution in [3.05, 3.63) is 40.2 Å². The predicted octanol–water partition coefficient (Wildman–Crippen LogP) is 3.96. The SMILES string of the molecule is O=CN(c1cc(C#CC2CC2)sc1C(=O)O)[C@H]1CC[C@H](Oc2ccccn2)CC1. The van der Waals surface area contributed by atoms with E-state index in [4.69, 9.17) is 4.74 Å². The molecule has 2 aromatic heterocycles. The fraction of sp³-hybridized carbons (Fsp3) is 0.409. The predicted molar refractivity (Wildman–Crippen MR) is 110 cm³/mol. The zero-order valence-electron chi connectivity index (χ0n) is 15.9. The molecular weight excluding hydrogens is 388 g/mol. The third kappa shape index (κ3) is 4.77. The molecule has 0 spiro atoms. The maximum Gasteiger partial charge on any atom is 0.348 e. The summed E-state index contributed by atoms with van der Waals surface area (Å²) in [6, 6.07) is 7.26. The first kappa shape index (κ1) is 19.5. The number of hydrogen-bond acceptors (Lipinski definition) is 5. The van der Waals surface area contributed by atoms with Crippen molar-refractivity contribution >= 4 is 29.4 Å². The van der Waals surface area contributed by atoms with Gasteiger partial charge in [-0.05, 0) is 50.7 Å². The highest BCUT2D eigenvalue weighted by atomic mass is 32.1. The number of pyridine rings is 1. The minimum Gasteiger partial charge on any atom is -0.477 e. The summed E-state index contributed by atoms with van der Waals surface area (Å²) in [5, 5.41) is 9.61. The Bertz CT molecular complexity index is 935. The molecule has 29 heavy (non-hydrogen) atoms. The van der Waals surface area contributed by atoms with Crippen molar-refractivity contribution in [2.75, 3.05) is 4.90 Å². The minimum atomic E-state index is -1.02. The molecule has 0 unspecified atom stereocenters. The van der Waals surface area contributed by atoms with E-state index < -0.39 is 5.97 Å². The maximum atomic E-state index is 11.9. The van der Waals surface area contributed by atoms with Crippen LogP contribution in [0.2, 0.25) is 0 Å². The number of carbonyl (C=O) groups excluding carboxylic acids is 1. The van der Waals surface area contributed by atoms with Crippen molar-refractivity contribution < 1.29 is 19.4 Å². The van der Waals surface area contributed by atoms with E-state index in [1.54, 1.807) is 17.2 Å². The van der Waals surface area contributed by atoms with Crippen LogP contribution in [0.3, 0.4) is 0 Å². The van der Waals surface area contributed by atoms with Gasteiger partial charge in [-0.15, -0.1) is 11.3 Å². The van der Waals surface area contributed by atoms with Crippen molar-refractivity contribution in [1.82, 2.24) is 4.98 Å². The first-order chi connectivity index (χ1) is 14.1. The molecule has 1 amide bonds. The van der Waals surface area contributed by atoms with Gasteiger partial charge in [0.1, 0.15) is 11.0 Å². The summed E-state index contributed by atoms with van der Waals surface area (Å²) in [6.07, 6.45) is 7.78. The number of carbonyl (C=O) groups is 2. The summed E-state index contributed by atoms with van der Waals surface area (Å²) in [6.45, 7) is 0. The van der Waals surface area contributed by atoms with Crippen LogP contribution in [0.4, 0.5) is 5.69 Å². The Balaban J connectivity index is 1.46. The first-order valence-electron chi connectivity index (χ1n) is 9.84. The Morgan fingerprint density at radius 2 is 2.03 bits per heavy atom. The monoisotopic (exact) mass is 410 g/mol. The molecule has 150 valence electrons. The Morgan fingerprint density at radius 1 is 1.24 bits per heavy atom. The van der Waals surface area contributed by atoms with Crippen molar-refractivity contribution in [1.29, 1.82) is 0 Å². The van der Waals surface area contributed by atoms with E-state index in [1.165, 1.54) is 0 Å². The van der Waals surface area contributed by atoms with Gasteiger partial charge in [0, 0.05) is 24.2 Å². The quantitative estimate of drug-likeness (QED) is 0.576. The number of nitrogens with zero attached hydrogens (tertiary/aromatic N) is 2. The number of carboxylic acid groups (broad SMARTS) is 1. The lowest BCUT2D eigenvalue weighted by molar-refractivity contribution is -0.108. The van der Waals surface area contributed by atoms with Gasteiger partial charge >= 0.3 is 5.97 Å². The van der Waals surface area contributed by atoms with Crippen LogP contribution in [0.5, 0.6) is 5.88 Å². The maximum absolute atomic E-state index is 11.9. The van der Waals surface area contributed by atoms with Gasteiger partial charge in [0.2, 0.25) is 12.3 Å². The highest BCUT2D eigenvalue weighted by molar-refractivity contribution is 7.15. The molecular formula is C22H22N2O4S. The van der Waals surface area contributed by atoms with Crippen LogP contribution in [0.1, 0.15) is 53.1 Å². The lowest BCUT2D eigenvalue weighted by Crippen LogP contribution is -2.40. The number of amides is 1. The molecule has 2 fully saturated rings. The molecule has 2 aromatic rings. The van der Waals surface area contributed by atoms with Gasteiger partial charge < -0.3 is 14.7 Å². The molecule has 2 aliphatic rings. The molecule has 2 saturated carbocycles. The molecule has 0 aliphatic heterocycles. The zero-order valence-corrected chi connectivity index (χ0v) is 16.7. The van der Waals surface area contributed by atoms with Crippen LogP contribution in [0.15, 0.2) is 30.5 Å². The van der Waals surface area contributed by atoms with Gasteiger partial charge in [0.15, 0.2) is 0 Å². The number of thiophene rings is 1. The summed E-state index contributed by atoms with van der Waals surface area (Å²) < 4.78 is 5.92. The van der Waals surface area contributed by atoms with E-state index in [0.717, 1.165) is 56.3 Å². The van der Waals surface area contributed by atoms with Crippen molar-refractivity contribution in [2.45, 2.75) is 50.7 Å². The van der Waals surface area contributed by atoms with Gasteiger partial charge in [-0.25, -0.2) is 9.78 Å². The summed E-state index contributed by atoms with van der Waals surface area (Å²) in [5.41, 5.74) is 0.451. The second-order valence-corrected chi connectivity index (χ2v) is 8.46. The number of rotatable bonds is 6. The normalized spacial score (nSPS) is 21.0. The number of aromatic carboxylic acids is 1. The molecule has 0 saturated heterocycles. The molecule has 1 N–H and O–H groups in total. The van der Waals surface area contributed by atoms with E-state index in [1.807, 2.05) is 18.2 Å². The van der Waals surface area contributed by atoms with Crippen molar-refractivity contribution in [2.24, 2.45) is 5.92 Å². The standard InChI is InChI=1S/C22H22N2O4S/c25-14-24(16-7-9-17(10-8-16)28-20-3-1-2-12-23-20)19-13-18(11-6-15-4-5-15)29-21(19)22(26)27/h1-3,12-17H,4-5,7-10H2,(H,26,27)/t16-,17-. The third-order valence-corrected chi connectivity index (χ3v) is 6.27. The fourth-order valence-electron chi connectivity index (χ4n) is 3.56. The van der Waals surface area contributed by atoms with Crippen LogP contribution >= 0.6 is 11.3 Å². The molecule has 0 atom stereocenters. The van der Waals surface area contributed by atoms with E-state index >= 15 is 0 Å². The molecule has 6 nitrogen and oxygen atoms in total. The molecule has 2 aliphatic carbocycles. The Morgan fingerprint density at radius 3 is 2.66 bits per heavy atom. The third-order valence-electron chi connectivity index (χ3n) is 5.24. The second-order valence-electron chi connectivity index (χ2n) is 7.40. The summed E-state index contributed by atoms with van der Waals surface area (Å²) in [5.74, 6) is 6.25. The van der Waals surface area contributed by atoms with Crippen molar-refractivity contribution in [3.63, 3.8) is 0 Å². The average molecular weight is 410 g/mol. The van der Waals surface area contributed by atoms with Gasteiger partial charge in [-0.1, -0.05) is 17.9 Å². The first-order valence-corrected chi connectivity index (χ1v) is 10.7. The largest absolute Gasteiger partial charge is 0.477 e. The molecule has 4 rings (SSSR count).